The maximum absolute atomic E-state index is 13.4. The van der Waals surface area contributed by atoms with E-state index in [2.05, 4.69) is 5.32 Å². The van der Waals surface area contributed by atoms with Crippen molar-refractivity contribution in [3.63, 3.8) is 0 Å². The highest BCUT2D eigenvalue weighted by atomic mass is 19.3. The van der Waals surface area contributed by atoms with E-state index in [4.69, 9.17) is 0 Å². The molecule has 1 rings (SSSR count). The Morgan fingerprint density at radius 2 is 1.81 bits per heavy atom. The largest absolute Gasteiger partial charge is 0.303 e. The zero-order valence-electron chi connectivity index (χ0n) is 9.84. The molecule has 90 valence electrons. The van der Waals surface area contributed by atoms with Crippen molar-refractivity contribution in [1.82, 2.24) is 5.32 Å². The third-order valence-corrected chi connectivity index (χ3v) is 2.80. The van der Waals surface area contributed by atoms with Gasteiger partial charge in [0.1, 0.15) is 5.54 Å². The summed E-state index contributed by atoms with van der Waals surface area (Å²) in [5.41, 5.74) is -0.515. The van der Waals surface area contributed by atoms with Gasteiger partial charge < -0.3 is 5.32 Å². The van der Waals surface area contributed by atoms with Gasteiger partial charge >= 0.3 is 0 Å². The van der Waals surface area contributed by atoms with Crippen LogP contribution in [0.15, 0.2) is 30.3 Å². The van der Waals surface area contributed by atoms with Crippen LogP contribution in [0.25, 0.3) is 0 Å². The second-order valence-corrected chi connectivity index (χ2v) is 3.92. The van der Waals surface area contributed by atoms with E-state index in [1.807, 2.05) is 19.9 Å². The summed E-state index contributed by atoms with van der Waals surface area (Å²) in [6, 6.07) is 8.99. The van der Waals surface area contributed by atoms with Crippen LogP contribution in [0.4, 0.5) is 8.78 Å². The van der Waals surface area contributed by atoms with Crippen molar-refractivity contribution in [3.05, 3.63) is 35.9 Å². The summed E-state index contributed by atoms with van der Waals surface area (Å²) in [6.07, 6.45) is -1.22. The molecule has 1 aromatic rings. The van der Waals surface area contributed by atoms with E-state index in [0.29, 0.717) is 18.5 Å². The van der Waals surface area contributed by atoms with Crippen molar-refractivity contribution in [1.29, 1.82) is 0 Å². The molecule has 1 aromatic carbocycles. The summed E-state index contributed by atoms with van der Waals surface area (Å²) >= 11 is 0. The lowest BCUT2D eigenvalue weighted by Gasteiger charge is -2.34. The average molecular weight is 227 g/mol. The lowest BCUT2D eigenvalue weighted by molar-refractivity contribution is 0.0219. The maximum atomic E-state index is 13.4. The van der Waals surface area contributed by atoms with Crippen LogP contribution in [-0.4, -0.2) is 13.0 Å². The lowest BCUT2D eigenvalue weighted by Crippen LogP contribution is -2.48. The minimum absolute atomic E-state index is 0.447. The number of nitrogens with one attached hydrogen (secondary N) is 1. The van der Waals surface area contributed by atoms with E-state index in [-0.39, 0.29) is 0 Å². The van der Waals surface area contributed by atoms with Gasteiger partial charge in [0, 0.05) is 0 Å². The standard InChI is InChI=1S/C13H19F2N/c1-3-10-13(12(14)15,16-4-2)11-8-6-5-7-9-11/h5-9,12,16H,3-4,10H2,1-2H3. The molecule has 1 N–H and O–H groups in total. The van der Waals surface area contributed by atoms with Crippen LogP contribution in [0.1, 0.15) is 32.3 Å². The molecule has 0 saturated carbocycles. The molecule has 0 fully saturated rings. The summed E-state index contributed by atoms with van der Waals surface area (Å²) in [4.78, 5) is 0. The number of hydrogen-bond acceptors (Lipinski definition) is 1. The molecule has 1 nitrogen and oxygen atoms in total. The van der Waals surface area contributed by atoms with Crippen LogP contribution in [-0.2, 0) is 5.54 Å². The molecule has 0 amide bonds. The molecule has 3 heteroatoms. The molecule has 1 unspecified atom stereocenters. The normalized spacial score (nSPS) is 15.1. The first kappa shape index (κ1) is 13.1. The van der Waals surface area contributed by atoms with E-state index in [0.717, 1.165) is 6.42 Å². The van der Waals surface area contributed by atoms with Crippen LogP contribution in [0.5, 0.6) is 0 Å². The van der Waals surface area contributed by atoms with Crippen molar-refractivity contribution in [2.24, 2.45) is 0 Å². The predicted octanol–water partition coefficient (Wildman–Crippen LogP) is 3.56. The summed E-state index contributed by atoms with van der Waals surface area (Å²) in [6.45, 7) is 4.33. The molecule has 0 saturated heterocycles. The molecule has 0 heterocycles. The lowest BCUT2D eigenvalue weighted by atomic mass is 9.86. The average Bonchev–Trinajstić information content (AvgIpc) is 2.29. The Morgan fingerprint density at radius 3 is 2.25 bits per heavy atom. The van der Waals surface area contributed by atoms with Crippen LogP contribution in [0.3, 0.4) is 0 Å². The summed E-state index contributed by atoms with van der Waals surface area (Å²) in [5.74, 6) is 0. The SMILES string of the molecule is CCCC(NCC)(c1ccccc1)C(F)F. The highest BCUT2D eigenvalue weighted by Gasteiger charge is 2.39. The third kappa shape index (κ3) is 2.59. The number of hydrogen-bond donors (Lipinski definition) is 1. The second kappa shape index (κ2) is 5.94. The van der Waals surface area contributed by atoms with Gasteiger partial charge in [0.05, 0.1) is 0 Å². The number of halogens is 2. The maximum Gasteiger partial charge on any atom is 0.260 e. The highest BCUT2D eigenvalue weighted by molar-refractivity contribution is 5.25. The second-order valence-electron chi connectivity index (χ2n) is 3.92. The van der Waals surface area contributed by atoms with E-state index in [1.165, 1.54) is 0 Å². The Labute approximate surface area is 95.9 Å². The molecular formula is C13H19F2N. The van der Waals surface area contributed by atoms with Crippen molar-refractivity contribution in [2.45, 2.75) is 38.7 Å². The van der Waals surface area contributed by atoms with Gasteiger partial charge in [0.15, 0.2) is 0 Å². The first-order valence-electron chi connectivity index (χ1n) is 5.76. The molecule has 0 aliphatic rings. The van der Waals surface area contributed by atoms with Crippen LogP contribution < -0.4 is 5.32 Å². The Kier molecular flexibility index (Phi) is 4.87. The molecule has 0 radical (unpaired) electrons. The first-order chi connectivity index (χ1) is 7.67. The fourth-order valence-corrected chi connectivity index (χ4v) is 2.09. The Morgan fingerprint density at radius 1 is 1.19 bits per heavy atom. The van der Waals surface area contributed by atoms with Gasteiger partial charge in [-0.2, -0.15) is 0 Å². The van der Waals surface area contributed by atoms with Gasteiger partial charge in [0.25, 0.3) is 6.43 Å². The highest BCUT2D eigenvalue weighted by Crippen LogP contribution is 2.33. The van der Waals surface area contributed by atoms with Gasteiger partial charge in [-0.25, -0.2) is 8.78 Å². The van der Waals surface area contributed by atoms with Gasteiger partial charge in [-0.05, 0) is 18.5 Å². The van der Waals surface area contributed by atoms with Crippen molar-refractivity contribution >= 4 is 0 Å². The van der Waals surface area contributed by atoms with Crippen molar-refractivity contribution < 1.29 is 8.78 Å². The molecule has 0 spiro atoms. The van der Waals surface area contributed by atoms with Gasteiger partial charge in [0.2, 0.25) is 0 Å². The van der Waals surface area contributed by atoms with E-state index in [9.17, 15) is 8.78 Å². The topological polar surface area (TPSA) is 12.0 Å². The van der Waals surface area contributed by atoms with Crippen LogP contribution in [0.2, 0.25) is 0 Å². The summed E-state index contributed by atoms with van der Waals surface area (Å²) in [5, 5.41) is 2.96. The molecular weight excluding hydrogens is 208 g/mol. The number of benzene rings is 1. The van der Waals surface area contributed by atoms with Gasteiger partial charge in [-0.3, -0.25) is 0 Å². The van der Waals surface area contributed by atoms with Crippen molar-refractivity contribution in [2.75, 3.05) is 6.54 Å². The van der Waals surface area contributed by atoms with Crippen molar-refractivity contribution in [3.8, 4) is 0 Å². The number of alkyl halides is 2. The van der Waals surface area contributed by atoms with E-state index < -0.39 is 12.0 Å². The van der Waals surface area contributed by atoms with Crippen LogP contribution >= 0.6 is 0 Å². The first-order valence-corrected chi connectivity index (χ1v) is 5.76. The monoisotopic (exact) mass is 227 g/mol. The summed E-state index contributed by atoms with van der Waals surface area (Å²) < 4.78 is 26.7. The van der Waals surface area contributed by atoms with E-state index >= 15 is 0 Å². The molecule has 0 bridgehead atoms. The smallest absolute Gasteiger partial charge is 0.260 e. The molecule has 0 aliphatic heterocycles. The van der Waals surface area contributed by atoms with Gasteiger partial charge in [-0.15, -0.1) is 0 Å². The minimum Gasteiger partial charge on any atom is -0.303 e. The van der Waals surface area contributed by atoms with Crippen LogP contribution in [0, 0.1) is 0 Å². The third-order valence-electron chi connectivity index (χ3n) is 2.80. The predicted molar refractivity (Wildman–Crippen MR) is 62.7 cm³/mol. The fourth-order valence-electron chi connectivity index (χ4n) is 2.09. The zero-order chi connectivity index (χ0) is 12.0. The van der Waals surface area contributed by atoms with E-state index in [1.54, 1.807) is 24.3 Å². The molecule has 0 aromatic heterocycles. The zero-order valence-corrected chi connectivity index (χ0v) is 9.84. The fraction of sp³-hybridized carbons (Fsp3) is 0.538. The molecule has 1 atom stereocenters. The Hall–Kier alpha value is -0.960. The molecule has 0 aliphatic carbocycles. The quantitative estimate of drug-likeness (QED) is 0.783. The summed E-state index contributed by atoms with van der Waals surface area (Å²) in [7, 11) is 0. The number of rotatable bonds is 6. The Balaban J connectivity index is 3.10. The van der Waals surface area contributed by atoms with Gasteiger partial charge in [-0.1, -0.05) is 50.6 Å². The minimum atomic E-state index is -2.39. The molecule has 16 heavy (non-hydrogen) atoms. The Bertz CT molecular complexity index is 292.